The number of hydrogen-bond acceptors (Lipinski definition) is 7. The molecule has 1 saturated carbocycles. The third kappa shape index (κ3) is 4.26. The maximum Gasteiger partial charge on any atom is 0.408 e. The monoisotopic (exact) mass is 442 g/mol. The fourth-order valence-electron chi connectivity index (χ4n) is 4.56. The molecular formula is C22H22N2O8. The summed E-state index contributed by atoms with van der Waals surface area (Å²) in [5, 5.41) is 11.9. The van der Waals surface area contributed by atoms with Crippen molar-refractivity contribution < 1.29 is 38.7 Å². The summed E-state index contributed by atoms with van der Waals surface area (Å²) in [6.07, 6.45) is 2.94. The number of imide groups is 1. The second-order valence-electron chi connectivity index (χ2n) is 8.07. The van der Waals surface area contributed by atoms with Crippen LogP contribution in [-0.4, -0.2) is 52.5 Å². The number of Topliss-reactive ketones (excluding diaryl/α,β-unsaturated/α-hetero) is 1. The molecule has 2 aliphatic carbocycles. The van der Waals surface area contributed by atoms with E-state index in [1.54, 1.807) is 30.3 Å². The zero-order valence-electron chi connectivity index (χ0n) is 17.0. The van der Waals surface area contributed by atoms with Crippen LogP contribution in [0.1, 0.15) is 18.4 Å². The van der Waals surface area contributed by atoms with Crippen LogP contribution in [0.25, 0.3) is 0 Å². The Labute approximate surface area is 183 Å². The van der Waals surface area contributed by atoms with E-state index in [2.05, 4.69) is 5.32 Å². The third-order valence-electron chi connectivity index (χ3n) is 6.04. The standard InChI is InChI=1S/C22H22N2O8/c25-16(11-32-24-20(28)18-13-6-7-14(8-13)19(18)21(24)29)15(9-17(26)27)23-22(30)31-10-12-4-2-1-3-5-12/h1-7,13-15,18-19H,8-11H2,(H,23,30)(H,26,27). The van der Waals surface area contributed by atoms with Gasteiger partial charge in [0.25, 0.3) is 11.8 Å². The highest BCUT2D eigenvalue weighted by Crippen LogP contribution is 2.52. The van der Waals surface area contributed by atoms with Gasteiger partial charge in [0, 0.05) is 0 Å². The molecule has 3 aliphatic rings. The lowest BCUT2D eigenvalue weighted by Gasteiger charge is -2.19. The molecular weight excluding hydrogens is 420 g/mol. The number of carbonyl (C=O) groups excluding carboxylic acids is 4. The summed E-state index contributed by atoms with van der Waals surface area (Å²) < 4.78 is 5.02. The smallest absolute Gasteiger partial charge is 0.408 e. The maximum atomic E-state index is 12.6. The van der Waals surface area contributed by atoms with E-state index in [9.17, 15) is 24.0 Å². The number of amides is 3. The van der Waals surface area contributed by atoms with Gasteiger partial charge in [0.15, 0.2) is 5.78 Å². The molecule has 0 spiro atoms. The molecule has 2 N–H and O–H groups in total. The van der Waals surface area contributed by atoms with Crippen molar-refractivity contribution in [3.8, 4) is 0 Å². The average Bonchev–Trinajstić information content (AvgIpc) is 3.45. The van der Waals surface area contributed by atoms with Crippen molar-refractivity contribution in [3.05, 3.63) is 48.0 Å². The number of rotatable bonds is 9. The van der Waals surface area contributed by atoms with Gasteiger partial charge in [-0.05, 0) is 23.8 Å². The molecule has 4 rings (SSSR count). The topological polar surface area (TPSA) is 139 Å². The molecule has 1 aromatic rings. The molecule has 0 radical (unpaired) electrons. The van der Waals surface area contributed by atoms with Crippen molar-refractivity contribution in [2.75, 3.05) is 6.61 Å². The minimum Gasteiger partial charge on any atom is -0.481 e. The summed E-state index contributed by atoms with van der Waals surface area (Å²) >= 11 is 0. The maximum absolute atomic E-state index is 12.6. The fourth-order valence-corrected chi connectivity index (χ4v) is 4.56. The predicted molar refractivity (Wildman–Crippen MR) is 106 cm³/mol. The molecule has 0 aromatic heterocycles. The van der Waals surface area contributed by atoms with Crippen molar-refractivity contribution >= 4 is 29.7 Å². The normalized spacial score (nSPS) is 26.2. The Morgan fingerprint density at radius 3 is 2.28 bits per heavy atom. The van der Waals surface area contributed by atoms with Crippen molar-refractivity contribution in [1.82, 2.24) is 10.4 Å². The first-order valence-corrected chi connectivity index (χ1v) is 10.3. The number of ketones is 1. The number of carboxylic acids is 1. The molecule has 1 aromatic carbocycles. The molecule has 1 heterocycles. The molecule has 3 amide bonds. The number of carboxylic acid groups (broad SMARTS) is 1. The largest absolute Gasteiger partial charge is 0.481 e. The molecule has 1 saturated heterocycles. The zero-order valence-corrected chi connectivity index (χ0v) is 17.0. The number of nitrogens with one attached hydrogen (secondary N) is 1. The zero-order chi connectivity index (χ0) is 22.8. The lowest BCUT2D eigenvalue weighted by molar-refractivity contribution is -0.191. The Bertz CT molecular complexity index is 945. The molecule has 2 bridgehead atoms. The van der Waals surface area contributed by atoms with Crippen LogP contribution in [0.4, 0.5) is 4.79 Å². The van der Waals surface area contributed by atoms with Gasteiger partial charge in [0.1, 0.15) is 19.3 Å². The van der Waals surface area contributed by atoms with Crippen LogP contribution < -0.4 is 5.32 Å². The van der Waals surface area contributed by atoms with Gasteiger partial charge in [-0.3, -0.25) is 24.0 Å². The van der Waals surface area contributed by atoms with E-state index >= 15 is 0 Å². The predicted octanol–water partition coefficient (Wildman–Crippen LogP) is 1.06. The number of aliphatic carboxylic acids is 1. The van der Waals surface area contributed by atoms with Crippen LogP contribution in [0.15, 0.2) is 42.5 Å². The summed E-state index contributed by atoms with van der Waals surface area (Å²) in [7, 11) is 0. The number of carbonyl (C=O) groups is 5. The molecule has 5 atom stereocenters. The molecule has 5 unspecified atom stereocenters. The van der Waals surface area contributed by atoms with Gasteiger partial charge in [-0.1, -0.05) is 42.5 Å². The number of nitrogens with zero attached hydrogens (tertiary/aromatic N) is 1. The summed E-state index contributed by atoms with van der Waals surface area (Å²) in [6, 6.07) is 7.36. The van der Waals surface area contributed by atoms with Crippen LogP contribution in [0.2, 0.25) is 0 Å². The number of hydroxylamine groups is 2. The van der Waals surface area contributed by atoms with Crippen LogP contribution in [0.5, 0.6) is 0 Å². The van der Waals surface area contributed by atoms with Crippen LogP contribution in [0.3, 0.4) is 0 Å². The van der Waals surface area contributed by atoms with Gasteiger partial charge < -0.3 is 15.2 Å². The lowest BCUT2D eigenvalue weighted by atomic mass is 9.85. The van der Waals surface area contributed by atoms with E-state index in [-0.39, 0.29) is 18.4 Å². The van der Waals surface area contributed by atoms with Gasteiger partial charge in [-0.15, -0.1) is 0 Å². The van der Waals surface area contributed by atoms with E-state index in [1.807, 2.05) is 12.2 Å². The first-order chi connectivity index (χ1) is 15.3. The SMILES string of the molecule is O=C(O)CC(NC(=O)OCc1ccccc1)C(=O)CON1C(=O)C2C3C=CC(C3)C2C1=O. The summed E-state index contributed by atoms with van der Waals surface area (Å²) in [4.78, 5) is 66.1. The number of hydrogen-bond donors (Lipinski definition) is 2. The van der Waals surface area contributed by atoms with Gasteiger partial charge >= 0.3 is 12.1 Å². The van der Waals surface area contributed by atoms with Crippen molar-refractivity contribution in [3.63, 3.8) is 0 Å². The minimum atomic E-state index is -1.44. The van der Waals surface area contributed by atoms with Crippen molar-refractivity contribution in [1.29, 1.82) is 0 Å². The number of fused-ring (bicyclic) bond motifs is 5. The Hall–Kier alpha value is -3.53. The number of alkyl carbamates (subject to hydrolysis) is 1. The molecule has 1 aliphatic heterocycles. The highest BCUT2D eigenvalue weighted by molar-refractivity contribution is 6.05. The molecule has 10 nitrogen and oxygen atoms in total. The first kappa shape index (κ1) is 21.7. The first-order valence-electron chi connectivity index (χ1n) is 10.3. The molecule has 2 fully saturated rings. The lowest BCUT2D eigenvalue weighted by Crippen LogP contribution is -2.45. The van der Waals surface area contributed by atoms with Crippen LogP contribution in [-0.2, 0) is 35.4 Å². The summed E-state index contributed by atoms with van der Waals surface area (Å²) in [5.74, 6) is -4.08. The summed E-state index contributed by atoms with van der Waals surface area (Å²) in [6.45, 7) is -0.802. The third-order valence-corrected chi connectivity index (χ3v) is 6.04. The van der Waals surface area contributed by atoms with E-state index in [0.29, 0.717) is 10.6 Å². The van der Waals surface area contributed by atoms with Gasteiger partial charge in [-0.2, -0.15) is 5.06 Å². The minimum absolute atomic E-state index is 0.00781. The van der Waals surface area contributed by atoms with Gasteiger partial charge in [0.05, 0.1) is 18.3 Å². The van der Waals surface area contributed by atoms with E-state index < -0.39 is 60.6 Å². The Morgan fingerprint density at radius 2 is 1.69 bits per heavy atom. The summed E-state index contributed by atoms with van der Waals surface area (Å²) in [5.41, 5.74) is 0.715. The Morgan fingerprint density at radius 1 is 1.06 bits per heavy atom. The van der Waals surface area contributed by atoms with Crippen molar-refractivity contribution in [2.45, 2.75) is 25.5 Å². The molecule has 10 heteroatoms. The number of benzene rings is 1. The van der Waals surface area contributed by atoms with Crippen LogP contribution in [0, 0.1) is 23.7 Å². The van der Waals surface area contributed by atoms with E-state index in [0.717, 1.165) is 6.42 Å². The van der Waals surface area contributed by atoms with Gasteiger partial charge in [0.2, 0.25) is 0 Å². The van der Waals surface area contributed by atoms with Crippen LogP contribution >= 0.6 is 0 Å². The molecule has 168 valence electrons. The average molecular weight is 442 g/mol. The van der Waals surface area contributed by atoms with E-state index in [1.165, 1.54) is 0 Å². The second kappa shape index (κ2) is 8.91. The highest BCUT2D eigenvalue weighted by Gasteiger charge is 2.60. The van der Waals surface area contributed by atoms with E-state index in [4.69, 9.17) is 14.7 Å². The van der Waals surface area contributed by atoms with Crippen molar-refractivity contribution in [2.24, 2.45) is 23.7 Å². The Balaban J connectivity index is 1.32. The fraction of sp³-hybridized carbons (Fsp3) is 0.409. The molecule has 32 heavy (non-hydrogen) atoms. The second-order valence-corrected chi connectivity index (χ2v) is 8.07. The quantitative estimate of drug-likeness (QED) is 0.428. The number of allylic oxidation sites excluding steroid dienone is 2. The number of ether oxygens (including phenoxy) is 1. The van der Waals surface area contributed by atoms with Gasteiger partial charge in [-0.25, -0.2) is 4.79 Å². The Kier molecular flexibility index (Phi) is 6.04. The highest BCUT2D eigenvalue weighted by atomic mass is 16.7.